The van der Waals surface area contributed by atoms with Crippen LogP contribution in [0.15, 0.2) is 0 Å². The zero-order valence-corrected chi connectivity index (χ0v) is 11.3. The van der Waals surface area contributed by atoms with E-state index in [1.807, 2.05) is 0 Å². The van der Waals surface area contributed by atoms with Crippen LogP contribution in [0.1, 0.15) is 44.9 Å². The van der Waals surface area contributed by atoms with Gasteiger partial charge in [0.1, 0.15) is 0 Å². The van der Waals surface area contributed by atoms with Crippen LogP contribution in [-0.2, 0) is 9.53 Å². The molecule has 2 N–H and O–H groups in total. The van der Waals surface area contributed by atoms with Gasteiger partial charge in [-0.15, -0.1) is 0 Å². The molecule has 0 bridgehead atoms. The second-order valence-electron chi connectivity index (χ2n) is 5.78. The molecule has 1 saturated carbocycles. The summed E-state index contributed by atoms with van der Waals surface area (Å²) >= 11 is 0. The summed E-state index contributed by atoms with van der Waals surface area (Å²) in [5.74, 6) is 0.259. The molecular weight excluding hydrogens is 228 g/mol. The van der Waals surface area contributed by atoms with Gasteiger partial charge in [-0.2, -0.15) is 0 Å². The minimum absolute atomic E-state index is 0.259. The summed E-state index contributed by atoms with van der Waals surface area (Å²) in [4.78, 5) is 14.1. The average molecular weight is 254 g/mol. The molecule has 0 radical (unpaired) electrons. The highest BCUT2D eigenvalue weighted by atomic mass is 16.5. The van der Waals surface area contributed by atoms with E-state index >= 15 is 0 Å². The SMILES string of the molecule is NCCOCCC(=O)N1CCC2(CCCCC2)C1. The molecule has 0 unspecified atom stereocenters. The van der Waals surface area contributed by atoms with Gasteiger partial charge in [0.05, 0.1) is 19.6 Å². The summed E-state index contributed by atoms with van der Waals surface area (Å²) in [5.41, 5.74) is 5.80. The molecule has 4 heteroatoms. The fourth-order valence-electron chi connectivity index (χ4n) is 3.36. The number of hydrogen-bond donors (Lipinski definition) is 1. The second kappa shape index (κ2) is 6.53. The molecular formula is C14H26N2O2. The Morgan fingerprint density at radius 3 is 2.67 bits per heavy atom. The lowest BCUT2D eigenvalue weighted by molar-refractivity contribution is -0.131. The molecule has 104 valence electrons. The maximum atomic E-state index is 12.0. The van der Waals surface area contributed by atoms with E-state index < -0.39 is 0 Å². The first-order valence-electron chi connectivity index (χ1n) is 7.31. The van der Waals surface area contributed by atoms with Gasteiger partial charge in [0.25, 0.3) is 0 Å². The second-order valence-corrected chi connectivity index (χ2v) is 5.78. The quantitative estimate of drug-likeness (QED) is 0.757. The summed E-state index contributed by atoms with van der Waals surface area (Å²) < 4.78 is 5.28. The number of carbonyl (C=O) groups excluding carboxylic acids is 1. The molecule has 4 nitrogen and oxygen atoms in total. The van der Waals surface area contributed by atoms with Gasteiger partial charge in [0.2, 0.25) is 5.91 Å². The molecule has 0 aromatic rings. The van der Waals surface area contributed by atoms with Gasteiger partial charge < -0.3 is 15.4 Å². The normalized spacial score (nSPS) is 22.6. The van der Waals surface area contributed by atoms with E-state index in [9.17, 15) is 4.79 Å². The summed E-state index contributed by atoms with van der Waals surface area (Å²) in [6, 6.07) is 0. The monoisotopic (exact) mass is 254 g/mol. The van der Waals surface area contributed by atoms with Gasteiger partial charge in [0.15, 0.2) is 0 Å². The van der Waals surface area contributed by atoms with E-state index in [2.05, 4.69) is 4.90 Å². The number of nitrogens with zero attached hydrogens (tertiary/aromatic N) is 1. The third-order valence-electron chi connectivity index (χ3n) is 4.43. The third kappa shape index (κ3) is 3.45. The van der Waals surface area contributed by atoms with Crippen LogP contribution < -0.4 is 5.73 Å². The topological polar surface area (TPSA) is 55.6 Å². The first-order chi connectivity index (χ1) is 8.76. The Kier molecular flexibility index (Phi) is 5.01. The number of carbonyl (C=O) groups is 1. The van der Waals surface area contributed by atoms with Crippen molar-refractivity contribution < 1.29 is 9.53 Å². The van der Waals surface area contributed by atoms with Crippen LogP contribution in [0.4, 0.5) is 0 Å². The lowest BCUT2D eigenvalue weighted by Gasteiger charge is -2.33. The summed E-state index contributed by atoms with van der Waals surface area (Å²) in [5, 5.41) is 0. The van der Waals surface area contributed by atoms with Crippen molar-refractivity contribution in [2.75, 3.05) is 32.8 Å². The summed E-state index contributed by atoms with van der Waals surface area (Å²) in [7, 11) is 0. The predicted molar refractivity (Wildman–Crippen MR) is 71.2 cm³/mol. The molecule has 0 aromatic carbocycles. The van der Waals surface area contributed by atoms with Crippen molar-refractivity contribution in [3.05, 3.63) is 0 Å². The Morgan fingerprint density at radius 1 is 1.17 bits per heavy atom. The van der Waals surface area contributed by atoms with E-state index in [1.165, 1.54) is 38.5 Å². The van der Waals surface area contributed by atoms with E-state index in [0.29, 0.717) is 31.6 Å². The van der Waals surface area contributed by atoms with Crippen molar-refractivity contribution in [1.82, 2.24) is 4.90 Å². The zero-order valence-electron chi connectivity index (χ0n) is 11.3. The summed E-state index contributed by atoms with van der Waals surface area (Å²) in [6.45, 7) is 3.54. The fraction of sp³-hybridized carbons (Fsp3) is 0.929. The van der Waals surface area contributed by atoms with E-state index in [-0.39, 0.29) is 5.91 Å². The van der Waals surface area contributed by atoms with Crippen molar-refractivity contribution in [2.45, 2.75) is 44.9 Å². The van der Waals surface area contributed by atoms with E-state index in [1.54, 1.807) is 0 Å². The number of amides is 1. The Balaban J connectivity index is 1.72. The lowest BCUT2D eigenvalue weighted by Crippen LogP contribution is -2.33. The smallest absolute Gasteiger partial charge is 0.224 e. The van der Waals surface area contributed by atoms with Crippen molar-refractivity contribution in [3.63, 3.8) is 0 Å². The molecule has 1 aliphatic heterocycles. The minimum atomic E-state index is 0.259. The lowest BCUT2D eigenvalue weighted by atomic mass is 9.73. The molecule has 1 aliphatic carbocycles. The number of rotatable bonds is 5. The molecule has 0 atom stereocenters. The average Bonchev–Trinajstić information content (AvgIpc) is 2.79. The number of ether oxygens (including phenoxy) is 1. The highest BCUT2D eigenvalue weighted by Crippen LogP contribution is 2.43. The molecule has 18 heavy (non-hydrogen) atoms. The Hall–Kier alpha value is -0.610. The molecule has 0 aromatic heterocycles. The van der Waals surface area contributed by atoms with E-state index in [0.717, 1.165) is 13.1 Å². The van der Waals surface area contributed by atoms with Gasteiger partial charge in [0, 0.05) is 19.6 Å². The Labute approximate surface area is 110 Å². The molecule has 2 rings (SSSR count). The van der Waals surface area contributed by atoms with Gasteiger partial charge in [-0.1, -0.05) is 19.3 Å². The van der Waals surface area contributed by atoms with Crippen molar-refractivity contribution >= 4 is 5.91 Å². The minimum Gasteiger partial charge on any atom is -0.380 e. The van der Waals surface area contributed by atoms with E-state index in [4.69, 9.17) is 10.5 Å². The van der Waals surface area contributed by atoms with Crippen LogP contribution in [0, 0.1) is 5.41 Å². The molecule has 1 saturated heterocycles. The Morgan fingerprint density at radius 2 is 1.94 bits per heavy atom. The highest BCUT2D eigenvalue weighted by Gasteiger charge is 2.40. The van der Waals surface area contributed by atoms with Crippen LogP contribution in [0.2, 0.25) is 0 Å². The standard InChI is InChI=1S/C14H26N2O2/c15-8-11-18-10-4-13(17)16-9-7-14(12-16)5-2-1-3-6-14/h1-12,15H2. The fourth-order valence-corrected chi connectivity index (χ4v) is 3.36. The number of likely N-dealkylation sites (tertiary alicyclic amines) is 1. The van der Waals surface area contributed by atoms with Gasteiger partial charge in [-0.05, 0) is 24.7 Å². The number of nitrogens with two attached hydrogens (primary N) is 1. The zero-order chi connectivity index (χ0) is 12.8. The first-order valence-corrected chi connectivity index (χ1v) is 7.31. The van der Waals surface area contributed by atoms with Crippen LogP contribution >= 0.6 is 0 Å². The van der Waals surface area contributed by atoms with Crippen LogP contribution in [0.3, 0.4) is 0 Å². The van der Waals surface area contributed by atoms with Gasteiger partial charge in [-0.25, -0.2) is 0 Å². The first kappa shape index (κ1) is 13.8. The molecule has 2 aliphatic rings. The van der Waals surface area contributed by atoms with Gasteiger partial charge >= 0.3 is 0 Å². The van der Waals surface area contributed by atoms with Crippen molar-refractivity contribution in [2.24, 2.45) is 11.1 Å². The van der Waals surface area contributed by atoms with Crippen molar-refractivity contribution in [3.8, 4) is 0 Å². The molecule has 2 fully saturated rings. The largest absolute Gasteiger partial charge is 0.380 e. The Bertz CT molecular complexity index is 275. The predicted octanol–water partition coefficient (Wildman–Crippen LogP) is 1.53. The van der Waals surface area contributed by atoms with Crippen LogP contribution in [-0.4, -0.2) is 43.7 Å². The maximum Gasteiger partial charge on any atom is 0.224 e. The third-order valence-corrected chi connectivity index (χ3v) is 4.43. The van der Waals surface area contributed by atoms with Crippen LogP contribution in [0.25, 0.3) is 0 Å². The van der Waals surface area contributed by atoms with Gasteiger partial charge in [-0.3, -0.25) is 4.79 Å². The highest BCUT2D eigenvalue weighted by molar-refractivity contribution is 5.76. The maximum absolute atomic E-state index is 12.0. The molecule has 1 amide bonds. The molecule has 1 spiro atoms. The number of hydrogen-bond acceptors (Lipinski definition) is 3. The van der Waals surface area contributed by atoms with Crippen molar-refractivity contribution in [1.29, 1.82) is 0 Å². The molecule has 1 heterocycles. The van der Waals surface area contributed by atoms with Crippen LogP contribution in [0.5, 0.6) is 0 Å². The summed E-state index contributed by atoms with van der Waals surface area (Å²) in [6.07, 6.45) is 8.44.